The summed E-state index contributed by atoms with van der Waals surface area (Å²) >= 11 is 0. The third-order valence-corrected chi connectivity index (χ3v) is 13.1. The van der Waals surface area contributed by atoms with E-state index in [9.17, 15) is 27.6 Å². The highest BCUT2D eigenvalue weighted by Gasteiger charge is 2.62. The minimum absolute atomic E-state index is 0.0245. The molecule has 1 aromatic heterocycles. The number of amides is 4. The van der Waals surface area contributed by atoms with Crippen LogP contribution in [0.3, 0.4) is 0 Å². The lowest BCUT2D eigenvalue weighted by atomic mass is 9.85. The lowest BCUT2D eigenvalue weighted by molar-refractivity contribution is -0.142. The fourth-order valence-corrected chi connectivity index (χ4v) is 9.00. The van der Waals surface area contributed by atoms with Crippen molar-refractivity contribution in [2.24, 2.45) is 17.3 Å². The number of sulfonamides is 1. The van der Waals surface area contributed by atoms with Crippen LogP contribution in [-0.2, 0) is 35.6 Å². The summed E-state index contributed by atoms with van der Waals surface area (Å²) in [5, 5.41) is 4.96. The maximum atomic E-state index is 14.6. The zero-order valence-corrected chi connectivity index (χ0v) is 32.1. The number of methoxy groups -OCH3 is 1. The van der Waals surface area contributed by atoms with Crippen LogP contribution in [0.2, 0.25) is 0 Å². The van der Waals surface area contributed by atoms with Crippen LogP contribution in [0.1, 0.15) is 84.3 Å². The van der Waals surface area contributed by atoms with Gasteiger partial charge >= 0.3 is 6.09 Å². The van der Waals surface area contributed by atoms with Crippen molar-refractivity contribution in [2.75, 3.05) is 13.7 Å². The molecule has 0 unspecified atom stereocenters. The van der Waals surface area contributed by atoms with E-state index in [2.05, 4.69) is 21.9 Å². The first-order chi connectivity index (χ1) is 25.6. The topological polar surface area (TPSA) is 195 Å². The molecule has 0 spiro atoms. The first kappa shape index (κ1) is 37.8. The van der Waals surface area contributed by atoms with Crippen molar-refractivity contribution < 1.29 is 41.8 Å². The number of hydrogen-bond donors (Lipinski definition) is 3. The Morgan fingerprint density at radius 1 is 1.07 bits per heavy atom. The number of ether oxygens (including phenoxy) is 3. The first-order valence-electron chi connectivity index (χ1n) is 18.9. The number of hydrogen-bond acceptors (Lipinski definition) is 11. The summed E-state index contributed by atoms with van der Waals surface area (Å²) in [5.74, 6) is -1.39. The summed E-state index contributed by atoms with van der Waals surface area (Å²) in [6.07, 6.45) is 5.93. The van der Waals surface area contributed by atoms with E-state index in [0.29, 0.717) is 47.6 Å². The number of benzene rings is 1. The molecule has 2 bridgehead atoms. The van der Waals surface area contributed by atoms with E-state index in [1.807, 2.05) is 32.9 Å². The Morgan fingerprint density at radius 3 is 2.54 bits per heavy atom. The van der Waals surface area contributed by atoms with Crippen LogP contribution in [0.15, 0.2) is 30.9 Å². The van der Waals surface area contributed by atoms with Gasteiger partial charge in [-0.3, -0.25) is 19.1 Å². The number of carbonyl (C=O) groups is 4. The molecule has 7 rings (SSSR count). The first-order valence-corrected chi connectivity index (χ1v) is 20.5. The maximum Gasteiger partial charge on any atom is 0.408 e. The molecular weight excluding hydrogens is 717 g/mol. The van der Waals surface area contributed by atoms with Crippen molar-refractivity contribution in [2.45, 2.75) is 120 Å². The largest absolute Gasteiger partial charge is 0.497 e. The third kappa shape index (κ3) is 7.85. The fourth-order valence-electron chi connectivity index (χ4n) is 7.64. The van der Waals surface area contributed by atoms with Gasteiger partial charge in [-0.15, -0.1) is 6.58 Å². The number of rotatable bonds is 7. The number of alkyl carbamates (subject to hydrolysis) is 1. The molecule has 292 valence electrons. The highest BCUT2D eigenvalue weighted by Crippen LogP contribution is 2.46. The van der Waals surface area contributed by atoms with E-state index in [4.69, 9.17) is 24.2 Å². The van der Waals surface area contributed by atoms with Crippen molar-refractivity contribution in [3.63, 3.8) is 0 Å². The van der Waals surface area contributed by atoms with Crippen LogP contribution in [0, 0.1) is 17.3 Å². The van der Waals surface area contributed by atoms with Crippen molar-refractivity contribution in [1.29, 1.82) is 0 Å². The fraction of sp³-hybridized carbons (Fsp3) is 0.632. The Labute approximate surface area is 315 Å². The van der Waals surface area contributed by atoms with Crippen LogP contribution >= 0.6 is 0 Å². The van der Waals surface area contributed by atoms with E-state index in [-0.39, 0.29) is 31.4 Å². The van der Waals surface area contributed by atoms with Crippen LogP contribution in [-0.4, -0.2) is 95.8 Å². The van der Waals surface area contributed by atoms with Gasteiger partial charge in [0.05, 0.1) is 29.9 Å². The van der Waals surface area contributed by atoms with E-state index in [0.717, 1.165) is 32.1 Å². The highest BCUT2D eigenvalue weighted by molar-refractivity contribution is 7.91. The zero-order chi connectivity index (χ0) is 38.6. The van der Waals surface area contributed by atoms with E-state index in [1.54, 1.807) is 13.2 Å². The minimum atomic E-state index is -3.90. The van der Waals surface area contributed by atoms with Crippen molar-refractivity contribution in [3.05, 3.63) is 36.5 Å². The van der Waals surface area contributed by atoms with Gasteiger partial charge in [0.2, 0.25) is 27.7 Å². The number of aryl methyl sites for hydroxylation is 1. The summed E-state index contributed by atoms with van der Waals surface area (Å²) in [6.45, 7) is 9.18. The third-order valence-electron chi connectivity index (χ3n) is 11.3. The molecule has 4 fully saturated rings. The molecule has 4 amide bonds. The SMILES string of the molecule is C=C[C@H]1C[C@@]1(NC(=O)[C@H]1C[C@H]2CN1C(=O)[C@@H](C(C)(C)C)NC(=O)O[C@H]1C[C@@H]1CCCCCc1nc3ccc(OC)cc3nc1O2)C(=O)NS(=O)(=O)C1CC1. The van der Waals surface area contributed by atoms with Crippen LogP contribution < -0.4 is 24.8 Å². The molecule has 15 nitrogen and oxygen atoms in total. The molecule has 3 aliphatic carbocycles. The average Bonchev–Trinajstić information content (AvgIpc) is 4.04. The van der Waals surface area contributed by atoms with E-state index in [1.165, 1.54) is 11.0 Å². The van der Waals surface area contributed by atoms with Gasteiger partial charge in [0.25, 0.3) is 5.91 Å². The van der Waals surface area contributed by atoms with E-state index < -0.39 is 74.1 Å². The Hall–Kier alpha value is -4.47. The summed E-state index contributed by atoms with van der Waals surface area (Å²) < 4.78 is 45.3. The zero-order valence-electron chi connectivity index (χ0n) is 31.3. The molecule has 3 N–H and O–H groups in total. The van der Waals surface area contributed by atoms with Crippen molar-refractivity contribution in [1.82, 2.24) is 30.2 Å². The molecule has 54 heavy (non-hydrogen) atoms. The molecule has 2 aromatic rings. The molecule has 7 atom stereocenters. The predicted octanol–water partition coefficient (Wildman–Crippen LogP) is 3.30. The Kier molecular flexibility index (Phi) is 10.0. The van der Waals surface area contributed by atoms with Gasteiger partial charge in [-0.2, -0.15) is 0 Å². The quantitative estimate of drug-likeness (QED) is 0.350. The van der Waals surface area contributed by atoms with Crippen molar-refractivity contribution in [3.8, 4) is 11.6 Å². The summed E-state index contributed by atoms with van der Waals surface area (Å²) in [4.78, 5) is 66.8. The maximum absolute atomic E-state index is 14.6. The van der Waals surface area contributed by atoms with Gasteiger partial charge in [-0.05, 0) is 68.4 Å². The monoisotopic (exact) mass is 766 g/mol. The normalized spacial score (nSPS) is 30.3. The van der Waals surface area contributed by atoms with Crippen LogP contribution in [0.25, 0.3) is 11.0 Å². The van der Waals surface area contributed by atoms with Gasteiger partial charge in [0, 0.05) is 18.4 Å². The second kappa shape index (κ2) is 14.3. The summed E-state index contributed by atoms with van der Waals surface area (Å²) in [7, 11) is -2.33. The van der Waals surface area contributed by atoms with Gasteiger partial charge in [0.1, 0.15) is 41.3 Å². The van der Waals surface area contributed by atoms with Gasteiger partial charge in [-0.25, -0.2) is 23.2 Å². The number of fused-ring (bicyclic) bond motifs is 5. The second-order valence-electron chi connectivity index (χ2n) is 16.5. The molecule has 5 aliphatic rings. The van der Waals surface area contributed by atoms with E-state index >= 15 is 0 Å². The Bertz CT molecular complexity index is 1960. The standard InChI is InChI=1S/C38H50N6O9S/c1-6-22-19-38(22,35(47)43-54(49,50)25-13-14-25)42-32(45)29-18-24-20-44(29)34(46)31(37(2,3)4)41-36(48)53-30-16-21(30)10-8-7-9-11-27-33(52-24)40-28-17-23(51-5)12-15-26(28)39-27/h6,12,15,17,21-22,24-25,29-31H,1,7-11,13-14,16,18-20H2,2-5H3,(H,41,48)(H,42,45)(H,43,47)/t21-,22-,24-,29+,30-,31-,38-/m0/s1. The lowest BCUT2D eigenvalue weighted by Crippen LogP contribution is -2.60. The van der Waals surface area contributed by atoms with Gasteiger partial charge < -0.3 is 29.7 Å². The number of carbonyl (C=O) groups excluding carboxylic acids is 4. The number of nitrogens with one attached hydrogen (secondary N) is 3. The Morgan fingerprint density at radius 2 is 1.85 bits per heavy atom. The molecule has 1 saturated heterocycles. The van der Waals surface area contributed by atoms with Crippen LogP contribution in [0.4, 0.5) is 4.79 Å². The minimum Gasteiger partial charge on any atom is -0.497 e. The molecule has 0 radical (unpaired) electrons. The highest BCUT2D eigenvalue weighted by atomic mass is 32.2. The van der Waals surface area contributed by atoms with Gasteiger partial charge in [0.15, 0.2) is 0 Å². The van der Waals surface area contributed by atoms with Gasteiger partial charge in [-0.1, -0.05) is 39.7 Å². The summed E-state index contributed by atoms with van der Waals surface area (Å²) in [5.41, 5.74) is -0.451. The molecule has 16 heteroatoms. The molecule has 2 aliphatic heterocycles. The van der Waals surface area contributed by atoms with Crippen LogP contribution in [0.5, 0.6) is 11.6 Å². The molecule has 3 saturated carbocycles. The average molecular weight is 767 g/mol. The number of nitrogens with zero attached hydrogens (tertiary/aromatic N) is 3. The van der Waals surface area contributed by atoms with Crippen molar-refractivity contribution >= 4 is 44.9 Å². The molecular formula is C38H50N6O9S. The predicted molar refractivity (Wildman–Crippen MR) is 197 cm³/mol. The Balaban J connectivity index is 1.22. The number of aromatic nitrogens is 2. The molecule has 1 aromatic carbocycles. The summed E-state index contributed by atoms with van der Waals surface area (Å²) in [6, 6.07) is 3.20. The lowest BCUT2D eigenvalue weighted by Gasteiger charge is -2.35. The second-order valence-corrected chi connectivity index (χ2v) is 18.4. The smallest absolute Gasteiger partial charge is 0.408 e. The molecule has 3 heterocycles.